The average molecular weight is 293 g/mol. The van der Waals surface area contributed by atoms with E-state index in [1.54, 1.807) is 0 Å². The van der Waals surface area contributed by atoms with Crippen molar-refractivity contribution in [3.8, 4) is 6.07 Å². The molecule has 21 heavy (non-hydrogen) atoms. The SMILES string of the molecule is CC(C)CCN(CCC(C)C)CCC(C)(C#N)NC1CC1. The summed E-state index contributed by atoms with van der Waals surface area (Å²) in [5.74, 6) is 1.50. The highest BCUT2D eigenvalue weighted by Gasteiger charge is 2.32. The lowest BCUT2D eigenvalue weighted by atomic mass is 9.98. The van der Waals surface area contributed by atoms with Gasteiger partial charge in [-0.1, -0.05) is 27.7 Å². The number of nitrogens with zero attached hydrogens (tertiary/aromatic N) is 2. The maximum absolute atomic E-state index is 9.48. The van der Waals surface area contributed by atoms with E-state index in [0.717, 1.165) is 37.9 Å². The van der Waals surface area contributed by atoms with E-state index in [0.29, 0.717) is 6.04 Å². The lowest BCUT2D eigenvalue weighted by molar-refractivity contribution is 0.221. The molecular formula is C18H35N3. The van der Waals surface area contributed by atoms with Gasteiger partial charge in [0.15, 0.2) is 0 Å². The van der Waals surface area contributed by atoms with Crippen LogP contribution in [0.25, 0.3) is 0 Å². The summed E-state index contributed by atoms with van der Waals surface area (Å²) in [5, 5.41) is 13.0. The lowest BCUT2D eigenvalue weighted by Gasteiger charge is -2.29. The van der Waals surface area contributed by atoms with E-state index >= 15 is 0 Å². The molecule has 0 bridgehead atoms. The van der Waals surface area contributed by atoms with E-state index < -0.39 is 0 Å². The molecule has 0 aliphatic heterocycles. The van der Waals surface area contributed by atoms with Crippen LogP contribution in [0.5, 0.6) is 0 Å². The van der Waals surface area contributed by atoms with Crippen LogP contribution in [-0.2, 0) is 0 Å². The van der Waals surface area contributed by atoms with E-state index in [-0.39, 0.29) is 5.54 Å². The van der Waals surface area contributed by atoms with E-state index in [4.69, 9.17) is 0 Å². The summed E-state index contributed by atoms with van der Waals surface area (Å²) in [6.07, 6.45) is 5.90. The third-order valence-electron chi connectivity index (χ3n) is 4.32. The fraction of sp³-hybridized carbons (Fsp3) is 0.944. The molecule has 1 N–H and O–H groups in total. The second-order valence-electron chi connectivity index (χ2n) is 7.82. The summed E-state index contributed by atoms with van der Waals surface area (Å²) in [6, 6.07) is 3.09. The molecule has 122 valence electrons. The molecule has 1 saturated carbocycles. The van der Waals surface area contributed by atoms with Crippen LogP contribution in [0.15, 0.2) is 0 Å². The van der Waals surface area contributed by atoms with Gasteiger partial charge in [0.25, 0.3) is 0 Å². The van der Waals surface area contributed by atoms with Crippen LogP contribution in [0.1, 0.15) is 66.7 Å². The zero-order valence-corrected chi connectivity index (χ0v) is 14.8. The van der Waals surface area contributed by atoms with Crippen molar-refractivity contribution in [1.82, 2.24) is 10.2 Å². The molecule has 1 unspecified atom stereocenters. The quantitative estimate of drug-likeness (QED) is 0.629. The molecule has 0 heterocycles. The minimum Gasteiger partial charge on any atom is -0.303 e. The first-order valence-electron chi connectivity index (χ1n) is 8.76. The highest BCUT2D eigenvalue weighted by molar-refractivity contribution is 5.07. The Morgan fingerprint density at radius 2 is 1.62 bits per heavy atom. The fourth-order valence-electron chi connectivity index (χ4n) is 2.44. The van der Waals surface area contributed by atoms with Gasteiger partial charge in [-0.05, 0) is 64.0 Å². The summed E-state index contributed by atoms with van der Waals surface area (Å²) >= 11 is 0. The van der Waals surface area contributed by atoms with Gasteiger partial charge < -0.3 is 4.90 Å². The average Bonchev–Trinajstić information content (AvgIpc) is 3.21. The molecule has 3 nitrogen and oxygen atoms in total. The number of nitrogens with one attached hydrogen (secondary N) is 1. The molecule has 0 aromatic rings. The van der Waals surface area contributed by atoms with Crippen molar-refractivity contribution >= 4 is 0 Å². The molecular weight excluding hydrogens is 258 g/mol. The smallest absolute Gasteiger partial charge is 0.105 e. The van der Waals surface area contributed by atoms with Gasteiger partial charge in [0.1, 0.15) is 5.54 Å². The van der Waals surface area contributed by atoms with Crippen LogP contribution >= 0.6 is 0 Å². The standard InChI is InChI=1S/C18H35N3/c1-15(2)8-11-21(12-9-16(3)4)13-10-18(5,14-19)20-17-6-7-17/h15-17,20H,6-13H2,1-5H3. The largest absolute Gasteiger partial charge is 0.303 e. The number of rotatable bonds is 11. The van der Waals surface area contributed by atoms with Gasteiger partial charge in [-0.3, -0.25) is 5.32 Å². The van der Waals surface area contributed by atoms with Gasteiger partial charge in [0.05, 0.1) is 6.07 Å². The molecule has 1 atom stereocenters. The Hall–Kier alpha value is -0.590. The minimum atomic E-state index is -0.352. The monoisotopic (exact) mass is 293 g/mol. The van der Waals surface area contributed by atoms with Gasteiger partial charge >= 0.3 is 0 Å². The second kappa shape index (κ2) is 8.76. The molecule has 1 aliphatic carbocycles. The maximum atomic E-state index is 9.48. The van der Waals surface area contributed by atoms with Gasteiger partial charge in [-0.25, -0.2) is 0 Å². The molecule has 0 radical (unpaired) electrons. The van der Waals surface area contributed by atoms with E-state index in [9.17, 15) is 5.26 Å². The number of nitriles is 1. The van der Waals surface area contributed by atoms with Gasteiger partial charge in [0, 0.05) is 12.6 Å². The van der Waals surface area contributed by atoms with Crippen LogP contribution in [0, 0.1) is 23.2 Å². The second-order valence-corrected chi connectivity index (χ2v) is 7.82. The van der Waals surface area contributed by atoms with E-state index in [2.05, 4.69) is 50.9 Å². The molecule has 0 saturated heterocycles. The highest BCUT2D eigenvalue weighted by Crippen LogP contribution is 2.24. The summed E-state index contributed by atoms with van der Waals surface area (Å²) in [4.78, 5) is 2.56. The Balaban J connectivity index is 2.43. The number of hydrogen-bond donors (Lipinski definition) is 1. The van der Waals surface area contributed by atoms with E-state index in [1.807, 2.05) is 0 Å². The summed E-state index contributed by atoms with van der Waals surface area (Å²) in [7, 11) is 0. The molecule has 0 aromatic heterocycles. The zero-order chi connectivity index (χ0) is 15.9. The predicted molar refractivity (Wildman–Crippen MR) is 90.1 cm³/mol. The van der Waals surface area contributed by atoms with Gasteiger partial charge in [0.2, 0.25) is 0 Å². The van der Waals surface area contributed by atoms with Crippen molar-refractivity contribution in [2.24, 2.45) is 11.8 Å². The lowest BCUT2D eigenvalue weighted by Crippen LogP contribution is -2.45. The van der Waals surface area contributed by atoms with Crippen LogP contribution in [0.3, 0.4) is 0 Å². The summed E-state index contributed by atoms with van der Waals surface area (Å²) in [6.45, 7) is 14.6. The third-order valence-corrected chi connectivity index (χ3v) is 4.32. The Morgan fingerprint density at radius 1 is 1.10 bits per heavy atom. The van der Waals surface area contributed by atoms with Crippen molar-refractivity contribution in [2.45, 2.75) is 78.3 Å². The molecule has 3 heteroatoms. The molecule has 1 rings (SSSR count). The highest BCUT2D eigenvalue weighted by atomic mass is 15.1. The first-order chi connectivity index (χ1) is 9.84. The normalized spacial score (nSPS) is 18.2. The van der Waals surface area contributed by atoms with Crippen molar-refractivity contribution in [2.75, 3.05) is 19.6 Å². The van der Waals surface area contributed by atoms with Gasteiger partial charge in [-0.2, -0.15) is 5.26 Å². The Labute approximate surface area is 132 Å². The van der Waals surface area contributed by atoms with Crippen LogP contribution in [-0.4, -0.2) is 36.1 Å². The molecule has 0 spiro atoms. The van der Waals surface area contributed by atoms with E-state index in [1.165, 1.54) is 25.7 Å². The molecule has 0 aromatic carbocycles. The fourth-order valence-corrected chi connectivity index (χ4v) is 2.44. The first kappa shape index (κ1) is 18.5. The predicted octanol–water partition coefficient (Wildman–Crippen LogP) is 3.80. The topological polar surface area (TPSA) is 39.1 Å². The Kier molecular flexibility index (Phi) is 7.70. The zero-order valence-electron chi connectivity index (χ0n) is 14.8. The Morgan fingerprint density at radius 3 is 2.00 bits per heavy atom. The Bertz CT molecular complexity index is 316. The summed E-state index contributed by atoms with van der Waals surface area (Å²) < 4.78 is 0. The van der Waals surface area contributed by atoms with Crippen molar-refractivity contribution in [3.05, 3.63) is 0 Å². The summed E-state index contributed by atoms with van der Waals surface area (Å²) in [5.41, 5.74) is -0.352. The molecule has 1 fully saturated rings. The van der Waals surface area contributed by atoms with Gasteiger partial charge in [-0.15, -0.1) is 0 Å². The third kappa shape index (κ3) is 8.44. The van der Waals surface area contributed by atoms with Crippen molar-refractivity contribution < 1.29 is 0 Å². The minimum absolute atomic E-state index is 0.352. The van der Waals surface area contributed by atoms with Crippen LogP contribution in [0.4, 0.5) is 0 Å². The number of hydrogen-bond acceptors (Lipinski definition) is 3. The van der Waals surface area contributed by atoms with Crippen LogP contribution < -0.4 is 5.32 Å². The molecule has 1 aliphatic rings. The van der Waals surface area contributed by atoms with Crippen molar-refractivity contribution in [1.29, 1.82) is 5.26 Å². The molecule has 0 amide bonds. The van der Waals surface area contributed by atoms with Crippen LogP contribution in [0.2, 0.25) is 0 Å². The first-order valence-corrected chi connectivity index (χ1v) is 8.76. The maximum Gasteiger partial charge on any atom is 0.105 e. The van der Waals surface area contributed by atoms with Crippen molar-refractivity contribution in [3.63, 3.8) is 0 Å².